The van der Waals surface area contributed by atoms with E-state index in [2.05, 4.69) is 38.1 Å². The lowest BCUT2D eigenvalue weighted by molar-refractivity contribution is -0.0510. The van der Waals surface area contributed by atoms with E-state index >= 15 is 0 Å². The molecule has 1 aromatic heterocycles. The molecule has 3 heterocycles. The van der Waals surface area contributed by atoms with Gasteiger partial charge in [0.05, 0.1) is 30.8 Å². The third-order valence-corrected chi connectivity index (χ3v) is 13.8. The lowest BCUT2D eigenvalue weighted by Crippen LogP contribution is -2.52. The number of allylic oxidation sites excluding steroid dienone is 1. The predicted molar refractivity (Wildman–Crippen MR) is 206 cm³/mol. The molecule has 0 radical (unpaired) electrons. The third kappa shape index (κ3) is 7.47. The molecule has 13 heteroatoms. The lowest BCUT2D eigenvalue weighted by Gasteiger charge is -2.49. The van der Waals surface area contributed by atoms with Crippen LogP contribution in [0.1, 0.15) is 90.6 Å². The number of carbonyl (C=O) groups excluding carboxylic acids is 2. The second-order valence-corrected chi connectivity index (χ2v) is 18.0. The summed E-state index contributed by atoms with van der Waals surface area (Å²) < 4.78 is 34.9. The Labute approximate surface area is 317 Å². The summed E-state index contributed by atoms with van der Waals surface area (Å²) in [6, 6.07) is 11.4. The summed E-state index contributed by atoms with van der Waals surface area (Å²) in [7, 11) is -0.599. The molecule has 2 unspecified atom stereocenters. The molecule has 4 aliphatic rings. The number of rotatable bonds is 5. The molecule has 2 aliphatic carbocycles. The van der Waals surface area contributed by atoms with Gasteiger partial charge in [0.15, 0.2) is 0 Å². The van der Waals surface area contributed by atoms with Crippen LogP contribution in [0.2, 0.25) is 5.02 Å². The molecule has 7 rings (SSSR count). The second kappa shape index (κ2) is 14.8. The van der Waals surface area contributed by atoms with Crippen LogP contribution in [0.4, 0.5) is 5.69 Å². The fraction of sp³-hybridized carbons (Fsp3) is 0.525. The van der Waals surface area contributed by atoms with Gasteiger partial charge in [-0.1, -0.05) is 50.1 Å². The predicted octanol–water partition coefficient (Wildman–Crippen LogP) is 6.66. The molecule has 6 atom stereocenters. The van der Waals surface area contributed by atoms with Crippen molar-refractivity contribution in [3.63, 3.8) is 0 Å². The SMILES string of the molecule is CCCC1(O)/C=C/C[C@H](C)CS(=O)(NC(=O)c2cn(C)nc2OC)=NC(=O)c2ccc3c(c2)N(C[C@@H]2CC[C@H]21)C[C@@]1(CCCc2cc(Cl)ccc21)CO3. The van der Waals surface area contributed by atoms with Crippen molar-refractivity contribution in [3.05, 3.63) is 82.0 Å². The molecule has 3 aromatic rings. The molecule has 2 N–H and O–H groups in total. The van der Waals surface area contributed by atoms with Crippen LogP contribution in [0.15, 0.2) is 59.1 Å². The number of aryl methyl sites for hydroxylation is 2. The number of benzene rings is 2. The summed E-state index contributed by atoms with van der Waals surface area (Å²) in [5.41, 5.74) is 2.26. The van der Waals surface area contributed by atoms with E-state index in [-0.39, 0.29) is 45.9 Å². The van der Waals surface area contributed by atoms with Crippen LogP contribution in [0.25, 0.3) is 0 Å². The minimum absolute atomic E-state index is 0.0562. The molecule has 2 bridgehead atoms. The first-order chi connectivity index (χ1) is 25.3. The molecule has 2 aliphatic heterocycles. The van der Waals surface area contributed by atoms with Crippen LogP contribution in [-0.4, -0.2) is 69.1 Å². The Balaban J connectivity index is 1.33. The minimum Gasteiger partial charge on any atom is -0.490 e. The van der Waals surface area contributed by atoms with Gasteiger partial charge in [0.2, 0.25) is 5.88 Å². The normalized spacial score (nSPS) is 30.5. The first-order valence-corrected chi connectivity index (χ1v) is 20.8. The maximum atomic E-state index is 14.6. The van der Waals surface area contributed by atoms with Gasteiger partial charge in [0, 0.05) is 42.3 Å². The van der Waals surface area contributed by atoms with Crippen LogP contribution in [0.3, 0.4) is 0 Å². The van der Waals surface area contributed by atoms with E-state index in [0.29, 0.717) is 38.3 Å². The second-order valence-electron chi connectivity index (χ2n) is 15.6. The topological polar surface area (TPSA) is 135 Å². The van der Waals surface area contributed by atoms with Crippen molar-refractivity contribution < 1.29 is 28.4 Å². The molecule has 2 aromatic carbocycles. The van der Waals surface area contributed by atoms with E-state index < -0.39 is 27.3 Å². The van der Waals surface area contributed by atoms with Crippen LogP contribution < -0.4 is 19.1 Å². The highest BCUT2D eigenvalue weighted by molar-refractivity contribution is 7.92. The molecule has 284 valence electrons. The first kappa shape index (κ1) is 37.4. The van der Waals surface area contributed by atoms with Gasteiger partial charge in [0.25, 0.3) is 11.8 Å². The van der Waals surface area contributed by atoms with Crippen molar-refractivity contribution in [1.29, 1.82) is 0 Å². The van der Waals surface area contributed by atoms with Gasteiger partial charge in [0.1, 0.15) is 21.2 Å². The first-order valence-electron chi connectivity index (χ1n) is 18.7. The van der Waals surface area contributed by atoms with Gasteiger partial charge >= 0.3 is 0 Å². The number of methoxy groups -OCH3 is 1. The van der Waals surface area contributed by atoms with Crippen molar-refractivity contribution in [2.75, 3.05) is 37.5 Å². The molecule has 1 saturated carbocycles. The number of hydrogen-bond donors (Lipinski definition) is 2. The number of aliphatic hydroxyl groups is 1. The monoisotopic (exact) mass is 763 g/mol. The van der Waals surface area contributed by atoms with E-state index in [9.17, 15) is 18.9 Å². The zero-order valence-electron chi connectivity index (χ0n) is 31.0. The summed E-state index contributed by atoms with van der Waals surface area (Å²) in [6.45, 7) is 5.80. The van der Waals surface area contributed by atoms with Crippen LogP contribution in [-0.2, 0) is 28.8 Å². The fourth-order valence-electron chi connectivity index (χ4n) is 8.99. The smallest absolute Gasteiger partial charge is 0.286 e. The summed E-state index contributed by atoms with van der Waals surface area (Å²) >= 11 is 6.47. The fourth-order valence-corrected chi connectivity index (χ4v) is 11.1. The Kier molecular flexibility index (Phi) is 10.4. The number of nitrogens with zero attached hydrogens (tertiary/aromatic N) is 4. The number of ether oxygens (including phenoxy) is 2. The average Bonchev–Trinajstić information content (AvgIpc) is 3.41. The zero-order chi connectivity index (χ0) is 37.5. The third-order valence-electron chi connectivity index (χ3n) is 11.6. The van der Waals surface area contributed by atoms with Crippen molar-refractivity contribution in [2.45, 2.75) is 76.2 Å². The maximum Gasteiger partial charge on any atom is 0.286 e. The highest BCUT2D eigenvalue weighted by atomic mass is 35.5. The highest BCUT2D eigenvalue weighted by Gasteiger charge is 2.47. The van der Waals surface area contributed by atoms with Gasteiger partial charge in [-0.2, -0.15) is 0 Å². The number of carbonyl (C=O) groups is 2. The van der Waals surface area contributed by atoms with Crippen molar-refractivity contribution in [2.24, 2.45) is 29.2 Å². The number of aromatic nitrogens is 2. The number of amides is 2. The number of nitrogens with one attached hydrogen (secondary N) is 1. The lowest BCUT2D eigenvalue weighted by atomic mass is 9.63. The summed E-state index contributed by atoms with van der Waals surface area (Å²) in [6.07, 6.45) is 12.1. The van der Waals surface area contributed by atoms with Gasteiger partial charge in [-0.05, 0) is 104 Å². The molecule has 2 amide bonds. The molecular weight excluding hydrogens is 714 g/mol. The van der Waals surface area contributed by atoms with Gasteiger partial charge in [-0.3, -0.25) is 19.0 Å². The van der Waals surface area contributed by atoms with Crippen molar-refractivity contribution in [1.82, 2.24) is 14.5 Å². The molecule has 1 spiro atoms. The van der Waals surface area contributed by atoms with Gasteiger partial charge in [-0.15, -0.1) is 9.46 Å². The Morgan fingerprint density at radius 1 is 1.23 bits per heavy atom. The zero-order valence-corrected chi connectivity index (χ0v) is 32.5. The quantitative estimate of drug-likeness (QED) is 0.276. The van der Waals surface area contributed by atoms with E-state index in [0.717, 1.165) is 49.2 Å². The van der Waals surface area contributed by atoms with Crippen LogP contribution in [0.5, 0.6) is 11.6 Å². The summed E-state index contributed by atoms with van der Waals surface area (Å²) in [4.78, 5) is 30.0. The average molecular weight is 764 g/mol. The molecule has 11 nitrogen and oxygen atoms in total. The minimum atomic E-state index is -3.64. The van der Waals surface area contributed by atoms with Crippen molar-refractivity contribution >= 4 is 39.0 Å². The van der Waals surface area contributed by atoms with E-state index in [4.69, 9.17) is 21.1 Å². The van der Waals surface area contributed by atoms with Crippen LogP contribution >= 0.6 is 11.6 Å². The summed E-state index contributed by atoms with van der Waals surface area (Å²) in [5, 5.41) is 17.1. The Bertz CT molecular complexity index is 2060. The highest BCUT2D eigenvalue weighted by Crippen LogP contribution is 2.49. The molecule has 53 heavy (non-hydrogen) atoms. The number of halogens is 1. The summed E-state index contributed by atoms with van der Waals surface area (Å²) in [5.74, 6) is -0.721. The van der Waals surface area contributed by atoms with E-state index in [1.807, 2.05) is 25.1 Å². The Morgan fingerprint density at radius 3 is 2.81 bits per heavy atom. The standard InChI is InChI=1S/C40H50ClN5O6S/c1-5-16-40(49)18-6-8-26(2)23-53(50,44-37(48)31-22-45(3)42-38(31)51-4)43-36(47)28-11-15-35-34(20-28)46(21-29-10-13-33(29)40)24-39(25-52-35)17-7-9-27-19-30(41)12-14-32(27)39/h6,11-12,14-15,18-20,22,26,29,33,49H,5,7-10,13,16-17,21,23-25H2,1-4H3,(H,43,44,47,48,50)/b18-6+/t26-,29-,33+,39-,40?,53?/m0/s1. The van der Waals surface area contributed by atoms with Gasteiger partial charge in [-0.25, -0.2) is 4.21 Å². The van der Waals surface area contributed by atoms with Crippen molar-refractivity contribution in [3.8, 4) is 11.6 Å². The van der Waals surface area contributed by atoms with E-state index in [1.54, 1.807) is 25.2 Å². The molecular formula is C40H50ClN5O6S. The Hall–Kier alpha value is -3.87. The van der Waals surface area contributed by atoms with Crippen LogP contribution in [0, 0.1) is 17.8 Å². The number of fused-ring (bicyclic) bond motifs is 4. The largest absolute Gasteiger partial charge is 0.490 e. The number of anilines is 1. The maximum absolute atomic E-state index is 14.6. The molecule has 1 fully saturated rings. The number of hydrogen-bond acceptors (Lipinski definition) is 8. The van der Waals surface area contributed by atoms with Gasteiger partial charge < -0.3 is 19.5 Å². The Morgan fingerprint density at radius 2 is 2.06 bits per heavy atom. The van der Waals surface area contributed by atoms with E-state index in [1.165, 1.54) is 29.1 Å². The molecule has 0 saturated heterocycles.